The zero-order chi connectivity index (χ0) is 18.3. The van der Waals surface area contributed by atoms with Crippen LogP contribution in [-0.2, 0) is 11.2 Å². The van der Waals surface area contributed by atoms with Crippen molar-refractivity contribution in [1.29, 1.82) is 5.41 Å². The first-order valence-electron chi connectivity index (χ1n) is 8.49. The van der Waals surface area contributed by atoms with Gasteiger partial charge in [-0.3, -0.25) is 5.41 Å². The molecule has 1 aliphatic rings. The quantitative estimate of drug-likeness (QED) is 0.430. The van der Waals surface area contributed by atoms with E-state index in [-0.39, 0.29) is 11.8 Å². The smallest absolute Gasteiger partial charge is 0.326 e. The summed E-state index contributed by atoms with van der Waals surface area (Å²) in [5.74, 6) is -1.13. The number of hydrogen-bond acceptors (Lipinski definition) is 3. The van der Waals surface area contributed by atoms with Gasteiger partial charge in [0.2, 0.25) is 0 Å². The second-order valence-electron chi connectivity index (χ2n) is 6.62. The van der Waals surface area contributed by atoms with E-state index in [1.54, 1.807) is 6.07 Å². The van der Waals surface area contributed by atoms with Crippen LogP contribution >= 0.6 is 0 Å². The van der Waals surface area contributed by atoms with E-state index in [0.29, 0.717) is 12.0 Å². The summed E-state index contributed by atoms with van der Waals surface area (Å²) in [6, 6.07) is 18.9. The van der Waals surface area contributed by atoms with Gasteiger partial charge in [-0.05, 0) is 46.5 Å². The van der Waals surface area contributed by atoms with E-state index < -0.39 is 12.0 Å². The average molecular weight is 345 g/mol. The largest absolute Gasteiger partial charge is 0.480 e. The lowest BCUT2D eigenvalue weighted by Gasteiger charge is -2.18. The summed E-state index contributed by atoms with van der Waals surface area (Å²) in [7, 11) is 0. The highest BCUT2D eigenvalue weighted by molar-refractivity contribution is 5.96. The van der Waals surface area contributed by atoms with Gasteiger partial charge in [0.25, 0.3) is 0 Å². The Bertz CT molecular complexity index is 1020. The van der Waals surface area contributed by atoms with Crippen LogP contribution in [0.4, 0.5) is 5.69 Å². The number of carboxylic acid groups (broad SMARTS) is 1. The SMILES string of the molecule is N=C(N)c1ccc2c(c1)C(Cc1cccc3ccccc13)C(C(=O)O)N2. The predicted octanol–water partition coefficient (Wildman–Crippen LogP) is 3.33. The molecule has 0 radical (unpaired) electrons. The van der Waals surface area contributed by atoms with Crippen molar-refractivity contribution in [1.82, 2.24) is 0 Å². The van der Waals surface area contributed by atoms with Crippen LogP contribution in [0, 0.1) is 5.41 Å². The van der Waals surface area contributed by atoms with Crippen molar-refractivity contribution in [2.45, 2.75) is 18.4 Å². The molecule has 0 saturated heterocycles. The highest BCUT2D eigenvalue weighted by Gasteiger charge is 2.37. The first-order valence-corrected chi connectivity index (χ1v) is 8.49. The number of anilines is 1. The van der Waals surface area contributed by atoms with Crippen LogP contribution in [0.5, 0.6) is 0 Å². The molecule has 2 unspecified atom stereocenters. The average Bonchev–Trinajstić information content (AvgIpc) is 3.00. The minimum absolute atomic E-state index is 0.0181. The minimum atomic E-state index is -0.879. The van der Waals surface area contributed by atoms with Gasteiger partial charge in [0, 0.05) is 17.2 Å². The number of rotatable bonds is 4. The van der Waals surface area contributed by atoms with Crippen LogP contribution in [0.3, 0.4) is 0 Å². The minimum Gasteiger partial charge on any atom is -0.480 e. The monoisotopic (exact) mass is 345 g/mol. The number of hydrogen-bond donors (Lipinski definition) is 4. The molecule has 5 N–H and O–H groups in total. The fourth-order valence-electron chi connectivity index (χ4n) is 3.79. The molecule has 0 aromatic heterocycles. The van der Waals surface area contributed by atoms with Crippen molar-refractivity contribution in [2.75, 3.05) is 5.32 Å². The van der Waals surface area contributed by atoms with Gasteiger partial charge in [0.1, 0.15) is 11.9 Å². The van der Waals surface area contributed by atoms with Crippen molar-refractivity contribution < 1.29 is 9.90 Å². The van der Waals surface area contributed by atoms with Crippen LogP contribution in [0.2, 0.25) is 0 Å². The molecule has 0 bridgehead atoms. The Morgan fingerprint density at radius 1 is 1.12 bits per heavy atom. The van der Waals surface area contributed by atoms with E-state index in [0.717, 1.165) is 27.6 Å². The molecule has 1 heterocycles. The standard InChI is InChI=1S/C21H19N3O2/c22-20(23)14-8-9-18-16(11-14)17(19(24-18)21(25)26)10-13-6-3-5-12-4-1-2-7-15(12)13/h1-9,11,17,19,24H,10H2,(H3,22,23)(H,25,26). The Morgan fingerprint density at radius 2 is 1.88 bits per heavy atom. The lowest BCUT2D eigenvalue weighted by Crippen LogP contribution is -2.31. The van der Waals surface area contributed by atoms with E-state index in [4.69, 9.17) is 11.1 Å². The van der Waals surface area contributed by atoms with Crippen LogP contribution in [0.15, 0.2) is 60.7 Å². The van der Waals surface area contributed by atoms with Crippen molar-refractivity contribution in [2.24, 2.45) is 5.73 Å². The molecule has 2 atom stereocenters. The van der Waals surface area contributed by atoms with Crippen molar-refractivity contribution >= 4 is 28.3 Å². The van der Waals surface area contributed by atoms with Crippen molar-refractivity contribution in [3.8, 4) is 0 Å². The second-order valence-corrected chi connectivity index (χ2v) is 6.62. The van der Waals surface area contributed by atoms with Gasteiger partial charge in [0.05, 0.1) is 0 Å². The Labute approximate surface area is 151 Å². The van der Waals surface area contributed by atoms with Gasteiger partial charge >= 0.3 is 5.97 Å². The maximum Gasteiger partial charge on any atom is 0.326 e. The van der Waals surface area contributed by atoms with E-state index in [1.165, 1.54) is 0 Å². The molecule has 5 heteroatoms. The van der Waals surface area contributed by atoms with Crippen LogP contribution in [0.25, 0.3) is 10.8 Å². The third kappa shape index (κ3) is 2.67. The Kier molecular flexibility index (Phi) is 3.84. The van der Waals surface area contributed by atoms with Crippen LogP contribution in [-0.4, -0.2) is 23.0 Å². The Morgan fingerprint density at radius 3 is 2.65 bits per heavy atom. The van der Waals surface area contributed by atoms with Crippen LogP contribution in [0.1, 0.15) is 22.6 Å². The number of aliphatic carboxylic acids is 1. The Hall–Kier alpha value is -3.34. The fraction of sp³-hybridized carbons (Fsp3) is 0.143. The molecule has 0 spiro atoms. The number of nitrogens with two attached hydrogens (primary N) is 1. The molecule has 0 aliphatic carbocycles. The van der Waals surface area contributed by atoms with Crippen LogP contribution < -0.4 is 11.1 Å². The molecule has 3 aromatic carbocycles. The zero-order valence-corrected chi connectivity index (χ0v) is 14.1. The molecule has 26 heavy (non-hydrogen) atoms. The highest BCUT2D eigenvalue weighted by Crippen LogP contribution is 2.39. The first kappa shape index (κ1) is 16.1. The van der Waals surface area contributed by atoms with Gasteiger partial charge in [-0.1, -0.05) is 42.5 Å². The maximum atomic E-state index is 11.8. The maximum absolute atomic E-state index is 11.8. The summed E-state index contributed by atoms with van der Waals surface area (Å²) >= 11 is 0. The normalized spacial score (nSPS) is 18.3. The number of nitrogen functional groups attached to an aromatic ring is 1. The number of carbonyl (C=O) groups is 1. The van der Waals surface area contributed by atoms with Gasteiger partial charge in [-0.25, -0.2) is 4.79 Å². The third-order valence-electron chi connectivity index (χ3n) is 5.06. The molecule has 0 amide bonds. The lowest BCUT2D eigenvalue weighted by atomic mass is 9.86. The molecule has 130 valence electrons. The molecule has 0 saturated carbocycles. The fourth-order valence-corrected chi connectivity index (χ4v) is 3.79. The number of benzene rings is 3. The molecular formula is C21H19N3O2. The summed E-state index contributed by atoms with van der Waals surface area (Å²) in [5.41, 5.74) is 9.04. The summed E-state index contributed by atoms with van der Waals surface area (Å²) < 4.78 is 0. The molecule has 3 aromatic rings. The Balaban J connectivity index is 1.80. The number of nitrogens with one attached hydrogen (secondary N) is 2. The summed E-state index contributed by atoms with van der Waals surface area (Å²) in [6.07, 6.45) is 0.597. The first-order chi connectivity index (χ1) is 12.5. The number of amidine groups is 1. The predicted molar refractivity (Wildman–Crippen MR) is 103 cm³/mol. The van der Waals surface area contributed by atoms with Crippen molar-refractivity contribution in [3.05, 3.63) is 77.4 Å². The van der Waals surface area contributed by atoms with E-state index in [2.05, 4.69) is 23.5 Å². The van der Waals surface area contributed by atoms with Crippen molar-refractivity contribution in [3.63, 3.8) is 0 Å². The zero-order valence-electron chi connectivity index (χ0n) is 14.1. The molecule has 4 rings (SSSR count). The van der Waals surface area contributed by atoms with E-state index >= 15 is 0 Å². The summed E-state index contributed by atoms with van der Waals surface area (Å²) in [6.45, 7) is 0. The van der Waals surface area contributed by atoms with E-state index in [1.807, 2.05) is 36.4 Å². The highest BCUT2D eigenvalue weighted by atomic mass is 16.4. The van der Waals surface area contributed by atoms with Gasteiger partial charge < -0.3 is 16.2 Å². The van der Waals surface area contributed by atoms with E-state index in [9.17, 15) is 9.90 Å². The third-order valence-corrected chi connectivity index (χ3v) is 5.06. The summed E-state index contributed by atoms with van der Waals surface area (Å²) in [4.78, 5) is 11.8. The molecular weight excluding hydrogens is 326 g/mol. The van der Waals surface area contributed by atoms with Gasteiger partial charge in [0.15, 0.2) is 0 Å². The second kappa shape index (κ2) is 6.19. The topological polar surface area (TPSA) is 99.2 Å². The lowest BCUT2D eigenvalue weighted by molar-refractivity contribution is -0.138. The van der Waals surface area contributed by atoms with Gasteiger partial charge in [-0.2, -0.15) is 0 Å². The number of carboxylic acids is 1. The molecule has 1 aliphatic heterocycles. The summed E-state index contributed by atoms with van der Waals surface area (Å²) in [5, 5.41) is 22.7. The molecule has 0 fully saturated rings. The molecule has 5 nitrogen and oxygen atoms in total. The van der Waals surface area contributed by atoms with Gasteiger partial charge in [-0.15, -0.1) is 0 Å². The number of fused-ring (bicyclic) bond motifs is 2.